The van der Waals surface area contributed by atoms with E-state index >= 15 is 0 Å². The van der Waals surface area contributed by atoms with Crippen LogP contribution in [0.3, 0.4) is 0 Å². The van der Waals surface area contributed by atoms with Gasteiger partial charge in [-0.2, -0.15) is 0 Å². The number of benzene rings is 2. The van der Waals surface area contributed by atoms with Gasteiger partial charge in [0.25, 0.3) is 0 Å². The zero-order valence-electron chi connectivity index (χ0n) is 20.8. The van der Waals surface area contributed by atoms with Crippen LogP contribution in [0.5, 0.6) is 0 Å². The fraction of sp³-hybridized carbons (Fsp3) is 0.345. The van der Waals surface area contributed by atoms with E-state index in [0.717, 1.165) is 34.9 Å². The molecule has 0 saturated heterocycles. The van der Waals surface area contributed by atoms with Crippen LogP contribution >= 0.6 is 11.6 Å². The minimum atomic E-state index is 0.714. The topological polar surface area (TPSA) is 21.1 Å². The number of nitrogens with zero attached hydrogens (tertiary/aromatic N) is 3. The molecule has 0 N–H and O–H groups in total. The van der Waals surface area contributed by atoms with Gasteiger partial charge in [-0.25, -0.2) is 4.98 Å². The number of aromatic nitrogens is 2. The molecule has 2 aromatic carbocycles. The molecule has 0 atom stereocenters. The molecular weight excluding hydrogens is 426 g/mol. The number of aryl methyl sites for hydroxylation is 1. The lowest BCUT2D eigenvalue weighted by Gasteiger charge is -2.12. The molecule has 4 heteroatoms. The molecule has 0 aliphatic carbocycles. The van der Waals surface area contributed by atoms with Crippen LogP contribution in [0.2, 0.25) is 5.02 Å². The Hall–Kier alpha value is -2.62. The van der Waals surface area contributed by atoms with Gasteiger partial charge < -0.3 is 4.90 Å². The van der Waals surface area contributed by atoms with Crippen LogP contribution in [0.15, 0.2) is 61.2 Å². The second-order valence-corrected chi connectivity index (χ2v) is 8.51. The molecule has 3 nitrogen and oxygen atoms in total. The van der Waals surface area contributed by atoms with Crippen molar-refractivity contribution >= 4 is 23.8 Å². The highest BCUT2D eigenvalue weighted by molar-refractivity contribution is 6.30. The summed E-state index contributed by atoms with van der Waals surface area (Å²) in [4.78, 5) is 7.23. The first-order chi connectivity index (χ1) is 16.0. The lowest BCUT2D eigenvalue weighted by atomic mass is 10.1. The molecule has 0 aliphatic rings. The van der Waals surface area contributed by atoms with Crippen LogP contribution in [0.25, 0.3) is 29.2 Å². The molecule has 3 aromatic rings. The van der Waals surface area contributed by atoms with Crippen molar-refractivity contribution in [1.29, 1.82) is 0 Å². The summed E-state index contributed by atoms with van der Waals surface area (Å²) < 4.78 is 2.12. The Morgan fingerprint density at radius 2 is 1.58 bits per heavy atom. The summed E-state index contributed by atoms with van der Waals surface area (Å²) in [7, 11) is 2.17. The molecule has 1 heterocycles. The highest BCUT2D eigenvalue weighted by Crippen LogP contribution is 2.29. The van der Waals surface area contributed by atoms with E-state index in [1.807, 2.05) is 49.4 Å². The summed E-state index contributed by atoms with van der Waals surface area (Å²) in [5, 5.41) is 0.714. The van der Waals surface area contributed by atoms with E-state index in [0.29, 0.717) is 5.02 Å². The van der Waals surface area contributed by atoms with Crippen LogP contribution in [0.4, 0.5) is 0 Å². The third-order valence-corrected chi connectivity index (χ3v) is 5.63. The summed E-state index contributed by atoms with van der Waals surface area (Å²) >= 11 is 6.06. The molecule has 0 amide bonds. The van der Waals surface area contributed by atoms with Gasteiger partial charge in [0, 0.05) is 16.3 Å². The predicted octanol–water partition coefficient (Wildman–Crippen LogP) is 8.17. The zero-order chi connectivity index (χ0) is 24.2. The summed E-state index contributed by atoms with van der Waals surface area (Å²) in [6.45, 7) is 15.1. The zero-order valence-corrected chi connectivity index (χ0v) is 21.6. The van der Waals surface area contributed by atoms with Gasteiger partial charge >= 0.3 is 0 Å². The Labute approximate surface area is 205 Å². The van der Waals surface area contributed by atoms with Crippen molar-refractivity contribution < 1.29 is 0 Å². The minimum Gasteiger partial charge on any atom is -0.306 e. The number of rotatable bonds is 9. The molecule has 176 valence electrons. The Balaban J connectivity index is 0.000000414. The van der Waals surface area contributed by atoms with Gasteiger partial charge in [-0.1, -0.05) is 69.3 Å². The monoisotopic (exact) mass is 463 g/mol. The number of hydrogen-bond acceptors (Lipinski definition) is 2. The van der Waals surface area contributed by atoms with E-state index in [4.69, 9.17) is 16.6 Å². The summed E-state index contributed by atoms with van der Waals surface area (Å²) in [6, 6.07) is 16.3. The molecule has 0 bridgehead atoms. The van der Waals surface area contributed by atoms with Gasteiger partial charge in [0.2, 0.25) is 0 Å². The minimum absolute atomic E-state index is 0.714. The highest BCUT2D eigenvalue weighted by Gasteiger charge is 2.16. The fourth-order valence-electron chi connectivity index (χ4n) is 3.74. The van der Waals surface area contributed by atoms with Crippen molar-refractivity contribution in [2.24, 2.45) is 0 Å². The molecule has 0 fully saturated rings. The lowest BCUT2D eigenvalue weighted by molar-refractivity contribution is 0.335. The molecule has 0 unspecified atom stereocenters. The van der Waals surface area contributed by atoms with Crippen LogP contribution < -0.4 is 0 Å². The normalized spacial score (nSPS) is 11.0. The van der Waals surface area contributed by atoms with E-state index in [9.17, 15) is 0 Å². The van der Waals surface area contributed by atoms with Crippen LogP contribution in [-0.2, 0) is 6.42 Å². The van der Waals surface area contributed by atoms with Crippen LogP contribution in [-0.4, -0.2) is 34.6 Å². The average Bonchev–Trinajstić information content (AvgIpc) is 3.19. The molecule has 0 spiro atoms. The van der Waals surface area contributed by atoms with Gasteiger partial charge in [0.05, 0.1) is 11.4 Å². The Bertz CT molecular complexity index is 1010. The van der Waals surface area contributed by atoms with Crippen LogP contribution in [0, 0.1) is 0 Å². The van der Waals surface area contributed by atoms with Crippen molar-refractivity contribution in [3.8, 4) is 17.1 Å². The second kappa shape index (κ2) is 13.8. The second-order valence-electron chi connectivity index (χ2n) is 8.08. The number of halogens is 1. The first-order valence-electron chi connectivity index (χ1n) is 11.9. The van der Waals surface area contributed by atoms with Gasteiger partial charge in [0.1, 0.15) is 5.82 Å². The molecule has 0 saturated carbocycles. The van der Waals surface area contributed by atoms with E-state index in [1.54, 1.807) is 0 Å². The summed E-state index contributed by atoms with van der Waals surface area (Å²) in [5.41, 5.74) is 5.27. The predicted molar refractivity (Wildman–Crippen MR) is 146 cm³/mol. The quantitative estimate of drug-likeness (QED) is 0.319. The summed E-state index contributed by atoms with van der Waals surface area (Å²) in [6.07, 6.45) is 9.42. The third kappa shape index (κ3) is 7.45. The smallest absolute Gasteiger partial charge is 0.145 e. The molecule has 0 aliphatic heterocycles. The van der Waals surface area contributed by atoms with Crippen molar-refractivity contribution in [2.45, 2.75) is 47.0 Å². The van der Waals surface area contributed by atoms with Crippen molar-refractivity contribution in [3.63, 3.8) is 0 Å². The average molecular weight is 464 g/mol. The maximum atomic E-state index is 6.06. The van der Waals surface area contributed by atoms with E-state index in [1.165, 1.54) is 31.5 Å². The van der Waals surface area contributed by atoms with Crippen molar-refractivity contribution in [3.05, 3.63) is 83.2 Å². The Kier molecular flexibility index (Phi) is 11.2. The van der Waals surface area contributed by atoms with Gasteiger partial charge in [-0.3, -0.25) is 4.57 Å². The molecule has 0 radical (unpaired) electrons. The van der Waals surface area contributed by atoms with Crippen molar-refractivity contribution in [2.75, 3.05) is 20.1 Å². The molecule has 1 aromatic heterocycles. The largest absolute Gasteiger partial charge is 0.306 e. The number of hydrogen-bond donors (Lipinski definition) is 0. The van der Waals surface area contributed by atoms with Crippen LogP contribution in [0.1, 0.15) is 57.5 Å². The highest BCUT2D eigenvalue weighted by atomic mass is 35.5. The maximum absolute atomic E-state index is 6.06. The van der Waals surface area contributed by atoms with E-state index < -0.39 is 0 Å². The molecular formula is C29H38ClN3. The Morgan fingerprint density at radius 3 is 2.06 bits per heavy atom. The van der Waals surface area contributed by atoms with E-state index in [-0.39, 0.29) is 0 Å². The number of imidazole rings is 1. The van der Waals surface area contributed by atoms with Gasteiger partial charge in [0.15, 0.2) is 0 Å². The fourth-order valence-corrected chi connectivity index (χ4v) is 3.86. The first kappa shape index (κ1) is 26.6. The van der Waals surface area contributed by atoms with Gasteiger partial charge in [-0.05, 0) is 88.3 Å². The maximum Gasteiger partial charge on any atom is 0.145 e. The Morgan fingerprint density at radius 1 is 0.970 bits per heavy atom. The summed E-state index contributed by atoms with van der Waals surface area (Å²) in [5.74, 6) is 0.896. The van der Waals surface area contributed by atoms with E-state index in [2.05, 4.69) is 68.1 Å². The third-order valence-electron chi connectivity index (χ3n) is 5.38. The lowest BCUT2D eigenvalue weighted by Crippen LogP contribution is -2.19. The molecule has 3 rings (SSSR count). The SMILES string of the molecule is C=Cc1c(/C=C\C)nc(-c2ccc(CC)cc2)n1-c1ccc(Cl)cc1.CCCN(C)CCC. The standard InChI is InChI=1S/C22H21ClN2.C7H17N/c1-4-7-20-21(6-3)25(19-14-12-18(23)13-15-19)22(24-20)17-10-8-16(5-2)9-11-17;1-4-6-8(3)7-5-2/h4,6-15H,3,5H2,1-2H3;4-7H2,1-3H3/b7-4-;. The van der Waals surface area contributed by atoms with Gasteiger partial charge in [-0.15, -0.1) is 0 Å². The molecule has 33 heavy (non-hydrogen) atoms. The first-order valence-corrected chi connectivity index (χ1v) is 12.3. The number of allylic oxidation sites excluding steroid dienone is 1. The van der Waals surface area contributed by atoms with Crippen molar-refractivity contribution in [1.82, 2.24) is 14.5 Å².